The van der Waals surface area contributed by atoms with Gasteiger partial charge in [-0.05, 0) is 19.3 Å². The predicted octanol–water partition coefficient (Wildman–Crippen LogP) is 2.53. The van der Waals surface area contributed by atoms with E-state index in [1.54, 1.807) is 6.92 Å². The molecule has 0 aliphatic heterocycles. The molecule has 0 aromatic rings. The lowest BCUT2D eigenvalue weighted by Crippen LogP contribution is -2.13. The molecule has 0 saturated heterocycles. The Morgan fingerprint density at radius 3 is 2.20 bits per heavy atom. The molecular weight excluding hydrogens is 129 g/mol. The first kappa shape index (κ1) is 9.42. The zero-order chi connectivity index (χ0) is 8.15. The monoisotopic (exact) mass is 143 g/mol. The van der Waals surface area contributed by atoms with Gasteiger partial charge in [-0.3, -0.25) is 0 Å². The molecule has 58 valence electrons. The van der Waals surface area contributed by atoms with Gasteiger partial charge in [0.15, 0.2) is 0 Å². The fraction of sp³-hybridized carbons (Fsp3) is 0.875. The van der Waals surface area contributed by atoms with Gasteiger partial charge < -0.3 is 0 Å². The van der Waals surface area contributed by atoms with Gasteiger partial charge in [-0.15, -0.1) is 0 Å². The number of nitrogens with zero attached hydrogens (tertiary/aromatic N) is 1. The highest BCUT2D eigenvalue weighted by molar-refractivity contribution is 4.84. The Labute approximate surface area is 61.9 Å². The van der Waals surface area contributed by atoms with E-state index in [1.807, 2.05) is 19.9 Å². The van der Waals surface area contributed by atoms with Crippen LogP contribution >= 0.6 is 0 Å². The fourth-order valence-electron chi connectivity index (χ4n) is 0.735. The SMILES string of the molecule is CC(C)CC(F)C(C)C#N. The van der Waals surface area contributed by atoms with E-state index in [-0.39, 0.29) is 0 Å². The maximum absolute atomic E-state index is 12.8. The molecule has 0 aliphatic carbocycles. The van der Waals surface area contributed by atoms with Crippen molar-refractivity contribution in [1.29, 1.82) is 5.26 Å². The third-order valence-electron chi connectivity index (χ3n) is 1.44. The molecule has 0 radical (unpaired) electrons. The van der Waals surface area contributed by atoms with Crippen molar-refractivity contribution in [2.24, 2.45) is 11.8 Å². The quantitative estimate of drug-likeness (QED) is 0.595. The van der Waals surface area contributed by atoms with Crippen molar-refractivity contribution >= 4 is 0 Å². The molecule has 2 atom stereocenters. The predicted molar refractivity (Wildman–Crippen MR) is 39.1 cm³/mol. The number of hydrogen-bond acceptors (Lipinski definition) is 1. The Bertz CT molecular complexity index is 126. The summed E-state index contributed by atoms with van der Waals surface area (Å²) in [5.41, 5.74) is 0. The van der Waals surface area contributed by atoms with Gasteiger partial charge in [-0.1, -0.05) is 13.8 Å². The summed E-state index contributed by atoms with van der Waals surface area (Å²) in [6.07, 6.45) is -0.459. The summed E-state index contributed by atoms with van der Waals surface area (Å²) in [6, 6.07) is 1.90. The molecule has 0 rings (SSSR count). The van der Waals surface area contributed by atoms with Gasteiger partial charge in [-0.25, -0.2) is 4.39 Å². The normalized spacial score (nSPS) is 16.4. The average Bonchev–Trinajstić information content (AvgIpc) is 1.85. The van der Waals surface area contributed by atoms with Crippen molar-refractivity contribution in [1.82, 2.24) is 0 Å². The van der Waals surface area contributed by atoms with Crippen LogP contribution in [0.25, 0.3) is 0 Å². The van der Waals surface area contributed by atoms with Crippen LogP contribution in [0.15, 0.2) is 0 Å². The lowest BCUT2D eigenvalue weighted by molar-refractivity contribution is 0.237. The molecule has 0 aromatic heterocycles. The second-order valence-corrected chi connectivity index (χ2v) is 3.06. The van der Waals surface area contributed by atoms with Crippen LogP contribution in [0.5, 0.6) is 0 Å². The molecule has 0 amide bonds. The molecule has 0 aliphatic rings. The summed E-state index contributed by atoms with van der Waals surface area (Å²) in [4.78, 5) is 0. The van der Waals surface area contributed by atoms with Crippen LogP contribution in [0, 0.1) is 23.2 Å². The highest BCUT2D eigenvalue weighted by atomic mass is 19.1. The Balaban J connectivity index is 3.64. The van der Waals surface area contributed by atoms with Crippen molar-refractivity contribution in [2.45, 2.75) is 33.4 Å². The zero-order valence-corrected chi connectivity index (χ0v) is 6.76. The first-order chi connectivity index (χ1) is 4.57. The second-order valence-electron chi connectivity index (χ2n) is 3.06. The third kappa shape index (κ3) is 3.45. The first-order valence-electron chi connectivity index (χ1n) is 3.61. The minimum absolute atomic E-state index is 0.339. The van der Waals surface area contributed by atoms with E-state index in [0.717, 1.165) is 0 Å². The van der Waals surface area contributed by atoms with Crippen LogP contribution in [-0.2, 0) is 0 Å². The molecule has 0 saturated carbocycles. The largest absolute Gasteiger partial charge is 0.246 e. The summed E-state index contributed by atoms with van der Waals surface area (Å²) < 4.78 is 12.8. The van der Waals surface area contributed by atoms with Crippen LogP contribution in [0.2, 0.25) is 0 Å². The summed E-state index contributed by atoms with van der Waals surface area (Å²) >= 11 is 0. The van der Waals surface area contributed by atoms with E-state index in [1.165, 1.54) is 0 Å². The number of alkyl halides is 1. The Morgan fingerprint density at radius 2 is 1.90 bits per heavy atom. The number of hydrogen-bond donors (Lipinski definition) is 0. The van der Waals surface area contributed by atoms with E-state index in [9.17, 15) is 4.39 Å². The van der Waals surface area contributed by atoms with E-state index >= 15 is 0 Å². The standard InChI is InChI=1S/C8H14FN/c1-6(2)4-8(9)7(3)5-10/h6-8H,4H2,1-3H3. The van der Waals surface area contributed by atoms with Crippen LogP contribution in [-0.4, -0.2) is 6.17 Å². The number of nitriles is 1. The van der Waals surface area contributed by atoms with Gasteiger partial charge in [0.1, 0.15) is 6.17 Å². The number of rotatable bonds is 3. The third-order valence-corrected chi connectivity index (χ3v) is 1.44. The van der Waals surface area contributed by atoms with Crippen molar-refractivity contribution in [3.63, 3.8) is 0 Å². The van der Waals surface area contributed by atoms with E-state index in [0.29, 0.717) is 12.3 Å². The second kappa shape index (κ2) is 4.27. The number of halogens is 1. The smallest absolute Gasteiger partial charge is 0.116 e. The zero-order valence-electron chi connectivity index (χ0n) is 6.76. The molecule has 0 bridgehead atoms. The van der Waals surface area contributed by atoms with Gasteiger partial charge in [-0.2, -0.15) is 5.26 Å². The molecule has 0 heterocycles. The van der Waals surface area contributed by atoms with Crippen molar-refractivity contribution in [2.75, 3.05) is 0 Å². The van der Waals surface area contributed by atoms with E-state index < -0.39 is 12.1 Å². The Morgan fingerprint density at radius 1 is 1.40 bits per heavy atom. The molecule has 0 aromatic carbocycles. The average molecular weight is 143 g/mol. The highest BCUT2D eigenvalue weighted by Crippen LogP contribution is 2.15. The van der Waals surface area contributed by atoms with Crippen LogP contribution < -0.4 is 0 Å². The van der Waals surface area contributed by atoms with Crippen molar-refractivity contribution in [3.8, 4) is 6.07 Å². The van der Waals surface area contributed by atoms with Crippen LogP contribution in [0.1, 0.15) is 27.2 Å². The topological polar surface area (TPSA) is 23.8 Å². The maximum atomic E-state index is 12.8. The molecule has 0 spiro atoms. The van der Waals surface area contributed by atoms with Crippen LogP contribution in [0.4, 0.5) is 4.39 Å². The minimum atomic E-state index is -0.954. The molecule has 10 heavy (non-hydrogen) atoms. The summed E-state index contributed by atoms with van der Waals surface area (Å²) in [5.74, 6) is -0.117. The molecule has 0 fully saturated rings. The minimum Gasteiger partial charge on any atom is -0.246 e. The van der Waals surface area contributed by atoms with Crippen molar-refractivity contribution < 1.29 is 4.39 Å². The van der Waals surface area contributed by atoms with Crippen molar-refractivity contribution in [3.05, 3.63) is 0 Å². The highest BCUT2D eigenvalue weighted by Gasteiger charge is 2.16. The summed E-state index contributed by atoms with van der Waals surface area (Å²) in [5, 5.41) is 8.33. The molecular formula is C8H14FN. The lowest BCUT2D eigenvalue weighted by atomic mass is 9.98. The van der Waals surface area contributed by atoms with Gasteiger partial charge >= 0.3 is 0 Å². The summed E-state index contributed by atoms with van der Waals surface area (Å²) in [7, 11) is 0. The Hall–Kier alpha value is -0.580. The summed E-state index contributed by atoms with van der Waals surface area (Å²) in [6.45, 7) is 5.53. The molecule has 1 nitrogen and oxygen atoms in total. The van der Waals surface area contributed by atoms with Gasteiger partial charge in [0.25, 0.3) is 0 Å². The van der Waals surface area contributed by atoms with Gasteiger partial charge in [0.05, 0.1) is 12.0 Å². The lowest BCUT2D eigenvalue weighted by Gasteiger charge is -2.11. The van der Waals surface area contributed by atoms with Gasteiger partial charge in [0.2, 0.25) is 0 Å². The first-order valence-corrected chi connectivity index (χ1v) is 3.61. The molecule has 2 unspecified atom stereocenters. The van der Waals surface area contributed by atoms with Crippen LogP contribution in [0.3, 0.4) is 0 Å². The van der Waals surface area contributed by atoms with E-state index in [2.05, 4.69) is 0 Å². The Kier molecular flexibility index (Phi) is 4.02. The molecule has 2 heteroatoms. The maximum Gasteiger partial charge on any atom is 0.116 e. The molecule has 0 N–H and O–H groups in total. The fourth-order valence-corrected chi connectivity index (χ4v) is 0.735. The van der Waals surface area contributed by atoms with Gasteiger partial charge in [0, 0.05) is 0 Å². The van der Waals surface area contributed by atoms with E-state index in [4.69, 9.17) is 5.26 Å².